The highest BCUT2D eigenvalue weighted by molar-refractivity contribution is 7.90. The van der Waals surface area contributed by atoms with Crippen molar-refractivity contribution < 1.29 is 17.4 Å². The Morgan fingerprint density at radius 2 is 1.75 bits per heavy atom. The number of hydrogen-bond donors (Lipinski definition) is 0. The third-order valence-electron chi connectivity index (χ3n) is 4.13. The van der Waals surface area contributed by atoms with Crippen LogP contribution in [0.15, 0.2) is 74.5 Å². The lowest BCUT2D eigenvalue weighted by molar-refractivity contribution is 0.413. The normalized spacial score (nSPS) is 11.6. The average molecular weight is 415 g/mol. The Labute approximate surface area is 166 Å². The van der Waals surface area contributed by atoms with Gasteiger partial charge < -0.3 is 8.94 Å². The minimum Gasteiger partial charge on any atom is -0.455 e. The summed E-state index contributed by atoms with van der Waals surface area (Å²) in [5, 5.41) is 4.41. The first-order valence-electron chi connectivity index (χ1n) is 8.39. The number of hydrogen-bond acceptors (Lipinski definition) is 6. The van der Waals surface area contributed by atoms with E-state index in [2.05, 4.69) is 10.1 Å². The van der Waals surface area contributed by atoms with E-state index in [4.69, 9.17) is 20.5 Å². The summed E-state index contributed by atoms with van der Waals surface area (Å²) in [6.45, 7) is 1.90. The summed E-state index contributed by atoms with van der Waals surface area (Å²) in [5.41, 5.74) is 1.62. The number of aromatic nitrogens is 2. The van der Waals surface area contributed by atoms with Crippen LogP contribution >= 0.6 is 11.6 Å². The zero-order chi connectivity index (χ0) is 19.7. The van der Waals surface area contributed by atoms with Crippen molar-refractivity contribution in [1.82, 2.24) is 10.1 Å². The van der Waals surface area contributed by atoms with Crippen LogP contribution in [0.1, 0.15) is 11.3 Å². The first-order chi connectivity index (χ1) is 13.4. The Bertz CT molecular complexity index is 1230. The van der Waals surface area contributed by atoms with Crippen LogP contribution in [-0.2, 0) is 15.6 Å². The van der Waals surface area contributed by atoms with E-state index in [0.29, 0.717) is 22.2 Å². The molecule has 0 aliphatic rings. The monoisotopic (exact) mass is 414 g/mol. The molecule has 0 amide bonds. The standard InChI is InChI=1S/C20H15ClN2O4S/c1-13-6-9-15(10-7-13)28(24,25)12-14-8-11-18(26-14)20-22-19(23-27-20)16-4-2-3-5-17(16)21/h2-11H,12H2,1H3. The molecule has 28 heavy (non-hydrogen) atoms. The van der Waals surface area contributed by atoms with Crippen molar-refractivity contribution in [2.75, 3.05) is 0 Å². The second kappa shape index (κ2) is 7.26. The van der Waals surface area contributed by atoms with E-state index < -0.39 is 9.84 Å². The highest BCUT2D eigenvalue weighted by Gasteiger charge is 2.20. The highest BCUT2D eigenvalue weighted by atomic mass is 35.5. The van der Waals surface area contributed by atoms with E-state index in [0.717, 1.165) is 5.56 Å². The number of aryl methyl sites for hydroxylation is 1. The molecule has 0 N–H and O–H groups in total. The van der Waals surface area contributed by atoms with Crippen molar-refractivity contribution in [3.8, 4) is 23.0 Å². The number of furan rings is 1. The molecular formula is C20H15ClN2O4S. The van der Waals surface area contributed by atoms with Gasteiger partial charge in [0.1, 0.15) is 11.5 Å². The Kier molecular flexibility index (Phi) is 4.78. The van der Waals surface area contributed by atoms with Crippen LogP contribution < -0.4 is 0 Å². The Morgan fingerprint density at radius 3 is 2.50 bits per heavy atom. The predicted octanol–water partition coefficient (Wildman–Crippen LogP) is 4.93. The van der Waals surface area contributed by atoms with E-state index >= 15 is 0 Å². The molecule has 0 bridgehead atoms. The van der Waals surface area contributed by atoms with Gasteiger partial charge in [-0.3, -0.25) is 0 Å². The zero-order valence-corrected chi connectivity index (χ0v) is 16.4. The van der Waals surface area contributed by atoms with E-state index in [-0.39, 0.29) is 22.3 Å². The van der Waals surface area contributed by atoms with Crippen molar-refractivity contribution in [2.24, 2.45) is 0 Å². The molecule has 0 radical (unpaired) electrons. The number of nitrogens with zero attached hydrogens (tertiary/aromatic N) is 2. The van der Waals surface area contributed by atoms with Crippen LogP contribution in [0.25, 0.3) is 23.0 Å². The van der Waals surface area contributed by atoms with Crippen molar-refractivity contribution >= 4 is 21.4 Å². The molecule has 0 saturated carbocycles. The van der Waals surface area contributed by atoms with Crippen LogP contribution in [0.3, 0.4) is 0 Å². The Balaban J connectivity index is 1.57. The number of rotatable bonds is 5. The first-order valence-corrected chi connectivity index (χ1v) is 10.4. The molecule has 4 aromatic rings. The molecular weight excluding hydrogens is 400 g/mol. The quantitative estimate of drug-likeness (QED) is 0.460. The largest absolute Gasteiger partial charge is 0.455 e. The summed E-state index contributed by atoms with van der Waals surface area (Å²) in [7, 11) is -3.52. The van der Waals surface area contributed by atoms with Crippen LogP contribution in [-0.4, -0.2) is 18.6 Å². The molecule has 4 rings (SSSR count). The summed E-state index contributed by atoms with van der Waals surface area (Å²) in [6, 6.07) is 17.0. The molecule has 6 nitrogen and oxygen atoms in total. The fourth-order valence-corrected chi connectivity index (χ4v) is 4.13. The lowest BCUT2D eigenvalue weighted by Crippen LogP contribution is -2.04. The van der Waals surface area contributed by atoms with Gasteiger partial charge in [0.25, 0.3) is 5.89 Å². The molecule has 0 fully saturated rings. The van der Waals surface area contributed by atoms with Gasteiger partial charge in [0.15, 0.2) is 15.6 Å². The molecule has 0 aliphatic heterocycles. The number of halogens is 1. The summed E-state index contributed by atoms with van der Waals surface area (Å²) < 4.78 is 36.0. The average Bonchev–Trinajstić information content (AvgIpc) is 3.31. The van der Waals surface area contributed by atoms with Gasteiger partial charge in [-0.1, -0.05) is 46.6 Å². The second-order valence-electron chi connectivity index (χ2n) is 6.24. The molecule has 0 atom stereocenters. The van der Waals surface area contributed by atoms with Gasteiger partial charge in [0, 0.05) is 5.56 Å². The molecule has 8 heteroatoms. The maximum absolute atomic E-state index is 12.6. The van der Waals surface area contributed by atoms with Crippen LogP contribution in [0.4, 0.5) is 0 Å². The van der Waals surface area contributed by atoms with E-state index in [9.17, 15) is 8.42 Å². The number of sulfone groups is 1. The van der Waals surface area contributed by atoms with Crippen LogP contribution in [0, 0.1) is 6.92 Å². The first kappa shape index (κ1) is 18.5. The molecule has 0 saturated heterocycles. The van der Waals surface area contributed by atoms with E-state index in [1.807, 2.05) is 13.0 Å². The molecule has 0 aliphatic carbocycles. The smallest absolute Gasteiger partial charge is 0.293 e. The van der Waals surface area contributed by atoms with Gasteiger partial charge >= 0.3 is 0 Å². The van der Waals surface area contributed by atoms with Crippen molar-refractivity contribution in [3.63, 3.8) is 0 Å². The van der Waals surface area contributed by atoms with Crippen molar-refractivity contribution in [2.45, 2.75) is 17.6 Å². The number of benzene rings is 2. The maximum Gasteiger partial charge on any atom is 0.293 e. The molecule has 2 aromatic carbocycles. The zero-order valence-electron chi connectivity index (χ0n) is 14.8. The van der Waals surface area contributed by atoms with E-state index in [1.165, 1.54) is 0 Å². The topological polar surface area (TPSA) is 86.2 Å². The fourth-order valence-electron chi connectivity index (χ4n) is 2.66. The minimum atomic E-state index is -3.52. The van der Waals surface area contributed by atoms with Gasteiger partial charge in [0.2, 0.25) is 5.82 Å². The van der Waals surface area contributed by atoms with Crippen LogP contribution in [0.2, 0.25) is 5.02 Å². The summed E-state index contributed by atoms with van der Waals surface area (Å²) in [6.07, 6.45) is 0. The minimum absolute atomic E-state index is 0.147. The van der Waals surface area contributed by atoms with Gasteiger partial charge in [-0.15, -0.1) is 0 Å². The lowest BCUT2D eigenvalue weighted by atomic mass is 10.2. The molecule has 0 unspecified atom stereocenters. The van der Waals surface area contributed by atoms with E-state index in [1.54, 1.807) is 54.6 Å². The van der Waals surface area contributed by atoms with Gasteiger partial charge in [-0.25, -0.2) is 8.42 Å². The van der Waals surface area contributed by atoms with Gasteiger partial charge in [0.05, 0.1) is 9.92 Å². The summed E-state index contributed by atoms with van der Waals surface area (Å²) in [5.74, 6) is 0.786. The molecule has 142 valence electrons. The third-order valence-corrected chi connectivity index (χ3v) is 6.11. The Hall–Kier alpha value is -2.90. The van der Waals surface area contributed by atoms with Crippen molar-refractivity contribution in [3.05, 3.63) is 77.0 Å². The van der Waals surface area contributed by atoms with Crippen molar-refractivity contribution in [1.29, 1.82) is 0 Å². The van der Waals surface area contributed by atoms with Gasteiger partial charge in [-0.2, -0.15) is 4.98 Å². The predicted molar refractivity (Wildman–Crippen MR) is 105 cm³/mol. The SMILES string of the molecule is Cc1ccc(S(=O)(=O)Cc2ccc(-c3nc(-c4ccccc4Cl)no3)o2)cc1. The molecule has 2 aromatic heterocycles. The highest BCUT2D eigenvalue weighted by Crippen LogP contribution is 2.29. The second-order valence-corrected chi connectivity index (χ2v) is 8.64. The summed E-state index contributed by atoms with van der Waals surface area (Å²) in [4.78, 5) is 4.53. The fraction of sp³-hybridized carbons (Fsp3) is 0.100. The Morgan fingerprint density at radius 1 is 1.00 bits per heavy atom. The van der Waals surface area contributed by atoms with Crippen LogP contribution in [0.5, 0.6) is 0 Å². The summed E-state index contributed by atoms with van der Waals surface area (Å²) >= 11 is 6.15. The maximum atomic E-state index is 12.6. The molecule has 0 spiro atoms. The molecule has 2 heterocycles. The van der Waals surface area contributed by atoms with Gasteiger partial charge in [-0.05, 0) is 43.3 Å². The third kappa shape index (κ3) is 3.72. The lowest BCUT2D eigenvalue weighted by Gasteiger charge is -2.02.